The highest BCUT2D eigenvalue weighted by Crippen LogP contribution is 2.35. The molecule has 0 radical (unpaired) electrons. The van der Waals surface area contributed by atoms with E-state index in [2.05, 4.69) is 10.6 Å². The smallest absolute Gasteiger partial charge is 0.126 e. The second-order valence-electron chi connectivity index (χ2n) is 5.39. The van der Waals surface area contributed by atoms with E-state index < -0.39 is 0 Å². The first kappa shape index (κ1) is 16.0. The SMILES string of the molecule is CNc1cccc(-c2ccc(C)c(F)c2)c1N[C@H](C)CC=O. The standard InChI is InChI=1S/C18H21FN2O/c1-12-7-8-14(11-16(12)19)15-5-4-6-17(20-3)18(15)21-13(2)9-10-22/h4-8,10-11,13,20-21H,9H2,1-3H3/t13-/m1/s1. The van der Waals surface area contributed by atoms with Crippen molar-refractivity contribution in [2.24, 2.45) is 0 Å². The second kappa shape index (κ2) is 7.07. The third kappa shape index (κ3) is 3.45. The lowest BCUT2D eigenvalue weighted by atomic mass is 10.00. The summed E-state index contributed by atoms with van der Waals surface area (Å²) in [4.78, 5) is 10.7. The van der Waals surface area contributed by atoms with Gasteiger partial charge in [-0.25, -0.2) is 4.39 Å². The Morgan fingerprint density at radius 1 is 1.27 bits per heavy atom. The van der Waals surface area contributed by atoms with Gasteiger partial charge in [0.2, 0.25) is 0 Å². The molecule has 0 aliphatic carbocycles. The van der Waals surface area contributed by atoms with Crippen LogP contribution in [0.1, 0.15) is 18.9 Å². The molecule has 2 aromatic rings. The van der Waals surface area contributed by atoms with Crippen LogP contribution in [0.3, 0.4) is 0 Å². The molecule has 0 spiro atoms. The fourth-order valence-corrected chi connectivity index (χ4v) is 2.37. The van der Waals surface area contributed by atoms with Crippen LogP contribution >= 0.6 is 0 Å². The molecule has 2 N–H and O–H groups in total. The van der Waals surface area contributed by atoms with Crippen LogP contribution in [0.15, 0.2) is 36.4 Å². The van der Waals surface area contributed by atoms with E-state index in [4.69, 9.17) is 0 Å². The molecule has 22 heavy (non-hydrogen) atoms. The molecular formula is C18H21FN2O. The number of rotatable bonds is 6. The van der Waals surface area contributed by atoms with E-state index in [0.29, 0.717) is 12.0 Å². The number of nitrogens with one attached hydrogen (secondary N) is 2. The molecule has 116 valence electrons. The van der Waals surface area contributed by atoms with Crippen molar-refractivity contribution in [3.05, 3.63) is 47.8 Å². The molecule has 0 aliphatic heterocycles. The first-order valence-corrected chi connectivity index (χ1v) is 7.34. The zero-order valence-corrected chi connectivity index (χ0v) is 13.1. The van der Waals surface area contributed by atoms with Crippen LogP contribution in [-0.2, 0) is 4.79 Å². The number of halogens is 1. The van der Waals surface area contributed by atoms with Crippen molar-refractivity contribution in [1.82, 2.24) is 0 Å². The van der Waals surface area contributed by atoms with Crippen molar-refractivity contribution in [3.8, 4) is 11.1 Å². The minimum atomic E-state index is -0.223. The average Bonchev–Trinajstić information content (AvgIpc) is 2.50. The van der Waals surface area contributed by atoms with Crippen molar-refractivity contribution in [2.45, 2.75) is 26.3 Å². The Kier molecular flexibility index (Phi) is 5.15. The van der Waals surface area contributed by atoms with Crippen LogP contribution in [0.2, 0.25) is 0 Å². The first-order chi connectivity index (χ1) is 10.6. The molecule has 0 fully saturated rings. The topological polar surface area (TPSA) is 41.1 Å². The highest BCUT2D eigenvalue weighted by Gasteiger charge is 2.13. The number of aryl methyl sites for hydroxylation is 1. The van der Waals surface area contributed by atoms with E-state index in [-0.39, 0.29) is 11.9 Å². The van der Waals surface area contributed by atoms with Crippen LogP contribution in [0.5, 0.6) is 0 Å². The van der Waals surface area contributed by atoms with Crippen LogP contribution in [0, 0.1) is 12.7 Å². The quantitative estimate of drug-likeness (QED) is 0.784. The largest absolute Gasteiger partial charge is 0.386 e. The maximum atomic E-state index is 13.9. The molecule has 0 aliphatic rings. The van der Waals surface area contributed by atoms with Gasteiger partial charge >= 0.3 is 0 Å². The van der Waals surface area contributed by atoms with Crippen molar-refractivity contribution >= 4 is 17.7 Å². The Bertz CT molecular complexity index is 670. The molecule has 0 saturated carbocycles. The summed E-state index contributed by atoms with van der Waals surface area (Å²) in [6.07, 6.45) is 1.31. The lowest BCUT2D eigenvalue weighted by Gasteiger charge is -2.20. The molecule has 1 atom stereocenters. The van der Waals surface area contributed by atoms with E-state index in [1.807, 2.05) is 38.2 Å². The molecule has 0 bridgehead atoms. The molecule has 2 aromatic carbocycles. The Labute approximate surface area is 130 Å². The molecule has 0 saturated heterocycles. The van der Waals surface area contributed by atoms with Crippen molar-refractivity contribution in [1.29, 1.82) is 0 Å². The van der Waals surface area contributed by atoms with Crippen LogP contribution < -0.4 is 10.6 Å². The summed E-state index contributed by atoms with van der Waals surface area (Å²) < 4.78 is 13.9. The van der Waals surface area contributed by atoms with Crippen LogP contribution in [-0.4, -0.2) is 19.4 Å². The number of carbonyl (C=O) groups excluding carboxylic acids is 1. The molecule has 0 aromatic heterocycles. The molecular weight excluding hydrogens is 279 g/mol. The second-order valence-corrected chi connectivity index (χ2v) is 5.39. The van der Waals surface area contributed by atoms with Gasteiger partial charge in [0.25, 0.3) is 0 Å². The highest BCUT2D eigenvalue weighted by molar-refractivity contribution is 5.87. The molecule has 0 unspecified atom stereocenters. The summed E-state index contributed by atoms with van der Waals surface area (Å²) in [5, 5.41) is 6.48. The van der Waals surface area contributed by atoms with Gasteiger partial charge in [-0.1, -0.05) is 24.3 Å². The summed E-state index contributed by atoms with van der Waals surface area (Å²) in [5.41, 5.74) is 4.13. The number of carbonyl (C=O) groups is 1. The van der Waals surface area contributed by atoms with Gasteiger partial charge in [-0.2, -0.15) is 0 Å². The van der Waals surface area contributed by atoms with Gasteiger partial charge in [-0.3, -0.25) is 0 Å². The Morgan fingerprint density at radius 2 is 2.05 bits per heavy atom. The maximum Gasteiger partial charge on any atom is 0.126 e. The summed E-state index contributed by atoms with van der Waals surface area (Å²) in [6.45, 7) is 3.69. The number of para-hydroxylation sites is 1. The van der Waals surface area contributed by atoms with Crippen molar-refractivity contribution < 1.29 is 9.18 Å². The van der Waals surface area contributed by atoms with Gasteiger partial charge in [-0.05, 0) is 37.1 Å². The van der Waals surface area contributed by atoms with Crippen molar-refractivity contribution in [3.63, 3.8) is 0 Å². The lowest BCUT2D eigenvalue weighted by Crippen LogP contribution is -2.17. The Hall–Kier alpha value is -2.36. The molecule has 2 rings (SSSR count). The summed E-state index contributed by atoms with van der Waals surface area (Å²) in [7, 11) is 1.84. The predicted molar refractivity (Wildman–Crippen MR) is 89.9 cm³/mol. The van der Waals surface area contributed by atoms with Crippen molar-refractivity contribution in [2.75, 3.05) is 17.7 Å². The summed E-state index contributed by atoms with van der Waals surface area (Å²) in [6, 6.07) is 11.0. The van der Waals surface area contributed by atoms with E-state index >= 15 is 0 Å². The highest BCUT2D eigenvalue weighted by atomic mass is 19.1. The number of aldehydes is 1. The van der Waals surface area contributed by atoms with Gasteiger partial charge in [0.15, 0.2) is 0 Å². The zero-order chi connectivity index (χ0) is 16.1. The van der Waals surface area contributed by atoms with E-state index in [0.717, 1.165) is 28.8 Å². The summed E-state index contributed by atoms with van der Waals surface area (Å²) >= 11 is 0. The monoisotopic (exact) mass is 300 g/mol. The predicted octanol–water partition coefficient (Wildman–Crippen LogP) is 4.23. The third-order valence-corrected chi connectivity index (χ3v) is 3.66. The fraction of sp³-hybridized carbons (Fsp3) is 0.278. The Morgan fingerprint density at radius 3 is 2.68 bits per heavy atom. The number of hydrogen-bond acceptors (Lipinski definition) is 3. The zero-order valence-electron chi connectivity index (χ0n) is 13.1. The minimum Gasteiger partial charge on any atom is -0.386 e. The van der Waals surface area contributed by atoms with Gasteiger partial charge < -0.3 is 15.4 Å². The van der Waals surface area contributed by atoms with Crippen LogP contribution in [0.25, 0.3) is 11.1 Å². The lowest BCUT2D eigenvalue weighted by molar-refractivity contribution is -0.107. The molecule has 4 heteroatoms. The van der Waals surface area contributed by atoms with E-state index in [9.17, 15) is 9.18 Å². The summed E-state index contributed by atoms with van der Waals surface area (Å²) in [5.74, 6) is -0.223. The van der Waals surface area contributed by atoms with Gasteiger partial charge in [0.1, 0.15) is 12.1 Å². The normalized spacial score (nSPS) is 11.8. The van der Waals surface area contributed by atoms with Gasteiger partial charge in [0.05, 0.1) is 11.4 Å². The van der Waals surface area contributed by atoms with Gasteiger partial charge in [0, 0.05) is 25.1 Å². The molecule has 0 amide bonds. The number of hydrogen-bond donors (Lipinski definition) is 2. The van der Waals surface area contributed by atoms with Gasteiger partial charge in [-0.15, -0.1) is 0 Å². The third-order valence-electron chi connectivity index (χ3n) is 3.66. The molecule has 3 nitrogen and oxygen atoms in total. The maximum absolute atomic E-state index is 13.9. The van der Waals surface area contributed by atoms with Crippen LogP contribution in [0.4, 0.5) is 15.8 Å². The van der Waals surface area contributed by atoms with E-state index in [1.165, 1.54) is 0 Å². The fourth-order valence-electron chi connectivity index (χ4n) is 2.37. The number of anilines is 2. The first-order valence-electron chi connectivity index (χ1n) is 7.34. The minimum absolute atomic E-state index is 0.000968. The Balaban J connectivity index is 2.49. The number of benzene rings is 2. The average molecular weight is 300 g/mol. The molecule has 0 heterocycles. The van der Waals surface area contributed by atoms with E-state index in [1.54, 1.807) is 19.1 Å².